The standard InChI is InChI=1S/C29H47N3O3S/c1-6-7-8-12-24-21-26(33)25(14-13-23(4)11-9-10-22(2)3)28(35)29(24)36-30-27(34)15-16-32-19-17-31(5)18-20-32/h10,13,21,33,35H,6-9,11-12,14-20H2,1-5H3,(H,30,34)/b23-13+. The summed E-state index contributed by atoms with van der Waals surface area (Å²) in [5.41, 5.74) is 3.94. The number of unbranched alkanes of at least 4 members (excludes halogenated alkanes) is 2. The molecule has 1 aromatic carbocycles. The molecule has 0 unspecified atom stereocenters. The number of carbonyl (C=O) groups excluding carboxylic acids is 1. The van der Waals surface area contributed by atoms with Crippen LogP contribution in [0.15, 0.2) is 34.3 Å². The van der Waals surface area contributed by atoms with Crippen LogP contribution in [0, 0.1) is 0 Å². The number of phenolic OH excluding ortho intramolecular Hbond substituents is 2. The zero-order valence-electron chi connectivity index (χ0n) is 23.0. The van der Waals surface area contributed by atoms with Gasteiger partial charge in [-0.05, 0) is 83.5 Å². The second-order valence-corrected chi connectivity index (χ2v) is 11.1. The van der Waals surface area contributed by atoms with E-state index < -0.39 is 0 Å². The maximum absolute atomic E-state index is 12.6. The largest absolute Gasteiger partial charge is 0.508 e. The summed E-state index contributed by atoms with van der Waals surface area (Å²) in [6.07, 6.45) is 11.0. The van der Waals surface area contributed by atoms with Gasteiger partial charge in [-0.1, -0.05) is 43.1 Å². The molecule has 1 fully saturated rings. The maximum atomic E-state index is 12.6. The molecule has 0 radical (unpaired) electrons. The van der Waals surface area contributed by atoms with E-state index in [2.05, 4.69) is 61.4 Å². The molecule has 1 saturated heterocycles. The fourth-order valence-corrected chi connectivity index (χ4v) is 5.08. The number of likely N-dealkylation sites (N-methyl/N-ethyl adjacent to an activating group) is 1. The van der Waals surface area contributed by atoms with Crippen LogP contribution in [0.25, 0.3) is 0 Å². The van der Waals surface area contributed by atoms with Gasteiger partial charge in [-0.25, -0.2) is 0 Å². The Labute approximate surface area is 223 Å². The predicted octanol–water partition coefficient (Wildman–Crippen LogP) is 5.83. The van der Waals surface area contributed by atoms with Gasteiger partial charge in [0.2, 0.25) is 5.91 Å². The Balaban J connectivity index is 2.08. The zero-order valence-corrected chi connectivity index (χ0v) is 23.8. The van der Waals surface area contributed by atoms with E-state index in [1.54, 1.807) is 6.07 Å². The van der Waals surface area contributed by atoms with Crippen LogP contribution >= 0.6 is 11.9 Å². The number of hydrogen-bond donors (Lipinski definition) is 3. The lowest BCUT2D eigenvalue weighted by Crippen LogP contribution is -2.45. The summed E-state index contributed by atoms with van der Waals surface area (Å²) in [5.74, 6) is 0.166. The van der Waals surface area contributed by atoms with E-state index in [9.17, 15) is 15.0 Å². The van der Waals surface area contributed by atoms with E-state index in [0.717, 1.165) is 76.8 Å². The van der Waals surface area contributed by atoms with Crippen LogP contribution in [0.1, 0.15) is 77.3 Å². The van der Waals surface area contributed by atoms with E-state index in [0.29, 0.717) is 23.3 Å². The van der Waals surface area contributed by atoms with Crippen LogP contribution in [-0.2, 0) is 17.6 Å². The summed E-state index contributed by atoms with van der Waals surface area (Å²) >= 11 is 1.19. The average Bonchev–Trinajstić information content (AvgIpc) is 2.83. The van der Waals surface area contributed by atoms with E-state index in [1.165, 1.54) is 23.1 Å². The summed E-state index contributed by atoms with van der Waals surface area (Å²) in [7, 11) is 2.12. The number of carbonyl (C=O) groups is 1. The molecule has 7 heteroatoms. The molecule has 0 saturated carbocycles. The Morgan fingerprint density at radius 2 is 1.81 bits per heavy atom. The van der Waals surface area contributed by atoms with E-state index in [4.69, 9.17) is 0 Å². The summed E-state index contributed by atoms with van der Waals surface area (Å²) in [6.45, 7) is 13.2. The molecule has 1 heterocycles. The van der Waals surface area contributed by atoms with Gasteiger partial charge in [-0.3, -0.25) is 9.52 Å². The molecule has 3 N–H and O–H groups in total. The number of rotatable bonds is 14. The lowest BCUT2D eigenvalue weighted by molar-refractivity contribution is -0.119. The normalized spacial score (nSPS) is 15.2. The Kier molecular flexibility index (Phi) is 13.5. The zero-order chi connectivity index (χ0) is 26.5. The van der Waals surface area contributed by atoms with Crippen molar-refractivity contribution in [3.8, 4) is 11.5 Å². The number of amides is 1. The molecular formula is C29H47N3O3S. The second kappa shape index (κ2) is 16.0. The first-order valence-corrected chi connectivity index (χ1v) is 14.2. The molecule has 1 aromatic rings. The predicted molar refractivity (Wildman–Crippen MR) is 152 cm³/mol. The molecule has 0 aromatic heterocycles. The summed E-state index contributed by atoms with van der Waals surface area (Å²) in [5, 5.41) is 21.9. The van der Waals surface area contributed by atoms with Crippen LogP contribution in [0.2, 0.25) is 0 Å². The number of benzene rings is 1. The van der Waals surface area contributed by atoms with Gasteiger partial charge in [0.25, 0.3) is 0 Å². The number of phenols is 2. The smallest absolute Gasteiger partial charge is 0.231 e. The molecule has 0 spiro atoms. The van der Waals surface area contributed by atoms with Crippen LogP contribution in [0.4, 0.5) is 0 Å². The first-order valence-electron chi connectivity index (χ1n) is 13.4. The number of aryl methyl sites for hydroxylation is 1. The van der Waals surface area contributed by atoms with Gasteiger partial charge in [0.05, 0.1) is 4.90 Å². The molecule has 2 rings (SSSR count). The van der Waals surface area contributed by atoms with E-state index in [1.807, 2.05) is 0 Å². The van der Waals surface area contributed by atoms with Gasteiger partial charge < -0.3 is 20.0 Å². The number of nitrogens with zero attached hydrogens (tertiary/aromatic N) is 2. The Morgan fingerprint density at radius 3 is 2.47 bits per heavy atom. The van der Waals surface area contributed by atoms with Crippen molar-refractivity contribution in [2.45, 2.75) is 84.0 Å². The summed E-state index contributed by atoms with van der Waals surface area (Å²) in [4.78, 5) is 17.9. The van der Waals surface area contributed by atoms with E-state index in [-0.39, 0.29) is 17.4 Å². The highest BCUT2D eigenvalue weighted by atomic mass is 32.2. The third-order valence-electron chi connectivity index (χ3n) is 6.73. The van der Waals surface area contributed by atoms with Crippen molar-refractivity contribution in [1.82, 2.24) is 14.5 Å². The number of nitrogens with one attached hydrogen (secondary N) is 1. The molecular weight excluding hydrogens is 470 g/mol. The summed E-state index contributed by atoms with van der Waals surface area (Å²) in [6, 6.07) is 1.77. The van der Waals surface area contributed by atoms with Crippen molar-refractivity contribution in [3.63, 3.8) is 0 Å². The number of allylic oxidation sites excluding steroid dienone is 4. The van der Waals surface area contributed by atoms with Crippen molar-refractivity contribution < 1.29 is 15.0 Å². The van der Waals surface area contributed by atoms with Crippen LogP contribution in [0.5, 0.6) is 11.5 Å². The van der Waals surface area contributed by atoms with Gasteiger partial charge in [0.1, 0.15) is 11.5 Å². The SMILES string of the molecule is CCCCCc1cc(O)c(C/C=C(\C)CCC=C(C)C)c(O)c1SNC(=O)CCN1CCN(C)CC1. The number of hydrogen-bond acceptors (Lipinski definition) is 6. The van der Waals surface area contributed by atoms with Crippen molar-refractivity contribution in [3.05, 3.63) is 40.5 Å². The Hall–Kier alpha value is -1.96. The third kappa shape index (κ3) is 10.6. The monoisotopic (exact) mass is 517 g/mol. The second-order valence-electron chi connectivity index (χ2n) is 10.3. The maximum Gasteiger partial charge on any atom is 0.231 e. The van der Waals surface area contributed by atoms with Crippen molar-refractivity contribution in [2.24, 2.45) is 0 Å². The topological polar surface area (TPSA) is 76.0 Å². The first kappa shape index (κ1) is 30.3. The van der Waals surface area contributed by atoms with Gasteiger partial charge in [-0.2, -0.15) is 0 Å². The molecule has 6 nitrogen and oxygen atoms in total. The highest BCUT2D eigenvalue weighted by Crippen LogP contribution is 2.40. The van der Waals surface area contributed by atoms with Crippen molar-refractivity contribution in [1.29, 1.82) is 0 Å². The minimum absolute atomic E-state index is 0.0394. The highest BCUT2D eigenvalue weighted by molar-refractivity contribution is 7.98. The highest BCUT2D eigenvalue weighted by Gasteiger charge is 2.19. The summed E-state index contributed by atoms with van der Waals surface area (Å²) < 4.78 is 2.95. The van der Waals surface area contributed by atoms with Gasteiger partial charge in [0, 0.05) is 44.7 Å². The van der Waals surface area contributed by atoms with Crippen LogP contribution in [0.3, 0.4) is 0 Å². The van der Waals surface area contributed by atoms with Gasteiger partial charge in [0.15, 0.2) is 0 Å². The lowest BCUT2D eigenvalue weighted by Gasteiger charge is -2.32. The minimum atomic E-state index is -0.0394. The minimum Gasteiger partial charge on any atom is -0.508 e. The van der Waals surface area contributed by atoms with Crippen LogP contribution < -0.4 is 4.72 Å². The quantitative estimate of drug-likeness (QED) is 0.164. The molecule has 202 valence electrons. The van der Waals surface area contributed by atoms with Crippen LogP contribution in [-0.4, -0.2) is 65.7 Å². The molecule has 1 aliphatic heterocycles. The molecule has 1 amide bonds. The molecule has 0 atom stereocenters. The lowest BCUT2D eigenvalue weighted by atomic mass is 10.00. The fraction of sp³-hybridized carbons (Fsp3) is 0.621. The van der Waals surface area contributed by atoms with Gasteiger partial charge in [-0.15, -0.1) is 0 Å². The average molecular weight is 518 g/mol. The Bertz CT molecular complexity index is 902. The number of aromatic hydroxyl groups is 2. The molecule has 1 aliphatic rings. The van der Waals surface area contributed by atoms with Gasteiger partial charge >= 0.3 is 0 Å². The number of piperazine rings is 1. The third-order valence-corrected chi connectivity index (χ3v) is 7.72. The molecule has 36 heavy (non-hydrogen) atoms. The van der Waals surface area contributed by atoms with Crippen molar-refractivity contribution in [2.75, 3.05) is 39.8 Å². The first-order chi connectivity index (χ1) is 17.2. The van der Waals surface area contributed by atoms with Crippen molar-refractivity contribution >= 4 is 17.9 Å². The fourth-order valence-electron chi connectivity index (χ4n) is 4.25. The molecule has 0 aliphatic carbocycles. The Morgan fingerprint density at radius 1 is 1.08 bits per heavy atom. The molecule has 0 bridgehead atoms. The van der Waals surface area contributed by atoms with E-state index >= 15 is 0 Å².